The van der Waals surface area contributed by atoms with Gasteiger partial charge in [0.2, 0.25) is 5.91 Å². The van der Waals surface area contributed by atoms with Crippen molar-refractivity contribution in [2.24, 2.45) is 5.92 Å². The second-order valence-electron chi connectivity index (χ2n) is 8.55. The number of nitrogens with zero attached hydrogens (tertiary/aromatic N) is 1. The summed E-state index contributed by atoms with van der Waals surface area (Å²) in [4.78, 5) is 39.0. The van der Waals surface area contributed by atoms with Gasteiger partial charge < -0.3 is 20.3 Å². The highest BCUT2D eigenvalue weighted by molar-refractivity contribution is 5.96. The van der Waals surface area contributed by atoms with E-state index in [1.165, 1.54) is 0 Å². The summed E-state index contributed by atoms with van der Waals surface area (Å²) in [6.07, 6.45) is 3.13. The molecule has 0 radical (unpaired) electrons. The first-order chi connectivity index (χ1) is 15.9. The highest BCUT2D eigenvalue weighted by Gasteiger charge is 2.24. The Balaban J connectivity index is 1.37. The zero-order chi connectivity index (χ0) is 23.6. The molecule has 7 nitrogen and oxygen atoms in total. The number of nitrogens with one attached hydrogen (secondary N) is 2. The molecule has 1 aliphatic heterocycles. The predicted octanol–water partition coefficient (Wildman–Crippen LogP) is 4.42. The van der Waals surface area contributed by atoms with Crippen molar-refractivity contribution in [3.8, 4) is 5.75 Å². The van der Waals surface area contributed by atoms with Gasteiger partial charge in [-0.05, 0) is 68.5 Å². The van der Waals surface area contributed by atoms with Crippen LogP contribution in [0.3, 0.4) is 0 Å². The number of hydrogen-bond acceptors (Lipinski definition) is 4. The number of methoxy groups -OCH3 is 1. The van der Waals surface area contributed by atoms with Crippen LogP contribution in [0.1, 0.15) is 48.0 Å². The van der Waals surface area contributed by atoms with Crippen LogP contribution in [0.4, 0.5) is 10.5 Å². The van der Waals surface area contributed by atoms with Crippen LogP contribution < -0.4 is 15.4 Å². The Hall–Kier alpha value is -3.35. The van der Waals surface area contributed by atoms with Crippen LogP contribution in [-0.4, -0.2) is 49.4 Å². The van der Waals surface area contributed by atoms with Crippen molar-refractivity contribution in [1.29, 1.82) is 0 Å². The van der Waals surface area contributed by atoms with E-state index in [2.05, 4.69) is 10.6 Å². The predicted molar refractivity (Wildman–Crippen MR) is 129 cm³/mol. The molecule has 1 heterocycles. The molecule has 2 aromatic carbocycles. The van der Waals surface area contributed by atoms with E-state index in [1.54, 1.807) is 31.4 Å². The standard InChI is InChI=1S/C26H33N3O4/c1-19-8-12-22(13-9-19)28-26(32)27-17-20-5-4-16-29(18-20)25(31)7-3-6-24(30)21-10-14-23(33-2)15-11-21/h8-15,20H,3-7,16-18H2,1-2H3,(H2,27,28,32). The number of hydrogen-bond donors (Lipinski definition) is 2. The average molecular weight is 452 g/mol. The number of rotatable bonds is 9. The molecular weight excluding hydrogens is 418 g/mol. The van der Waals surface area contributed by atoms with Gasteiger partial charge in [0, 0.05) is 43.7 Å². The maximum atomic E-state index is 12.7. The number of aryl methyl sites for hydroxylation is 1. The topological polar surface area (TPSA) is 87.7 Å². The van der Waals surface area contributed by atoms with Gasteiger partial charge in [-0.15, -0.1) is 0 Å². The summed E-state index contributed by atoms with van der Waals surface area (Å²) in [5.41, 5.74) is 2.53. The molecule has 0 spiro atoms. The zero-order valence-corrected chi connectivity index (χ0v) is 19.4. The number of urea groups is 1. The number of ketones is 1. The van der Waals surface area contributed by atoms with E-state index in [0.29, 0.717) is 43.7 Å². The fourth-order valence-corrected chi connectivity index (χ4v) is 3.99. The molecule has 176 valence electrons. The second kappa shape index (κ2) is 12.0. The van der Waals surface area contributed by atoms with Gasteiger partial charge >= 0.3 is 6.03 Å². The molecule has 2 aromatic rings. The van der Waals surface area contributed by atoms with Crippen molar-refractivity contribution in [2.45, 2.75) is 39.0 Å². The van der Waals surface area contributed by atoms with Crippen LogP contribution in [0.5, 0.6) is 5.75 Å². The Morgan fingerprint density at radius 1 is 1.03 bits per heavy atom. The Labute approximate surface area is 195 Å². The van der Waals surface area contributed by atoms with E-state index in [-0.39, 0.29) is 23.6 Å². The number of ether oxygens (including phenoxy) is 1. The average Bonchev–Trinajstić information content (AvgIpc) is 2.84. The van der Waals surface area contributed by atoms with Gasteiger partial charge in [0.25, 0.3) is 0 Å². The monoisotopic (exact) mass is 451 g/mol. The molecule has 0 saturated carbocycles. The SMILES string of the molecule is COc1ccc(C(=O)CCCC(=O)N2CCCC(CNC(=O)Nc3ccc(C)cc3)C2)cc1. The molecule has 0 bridgehead atoms. The van der Waals surface area contributed by atoms with E-state index in [4.69, 9.17) is 4.74 Å². The maximum Gasteiger partial charge on any atom is 0.319 e. The van der Waals surface area contributed by atoms with E-state index in [1.807, 2.05) is 36.1 Å². The van der Waals surface area contributed by atoms with Crippen LogP contribution in [0.25, 0.3) is 0 Å². The lowest BCUT2D eigenvalue weighted by Gasteiger charge is -2.33. The Morgan fingerprint density at radius 3 is 2.45 bits per heavy atom. The molecular formula is C26H33N3O4. The number of amides is 3. The van der Waals surface area contributed by atoms with Crippen molar-refractivity contribution < 1.29 is 19.1 Å². The smallest absolute Gasteiger partial charge is 0.319 e. The second-order valence-corrected chi connectivity index (χ2v) is 8.55. The van der Waals surface area contributed by atoms with Gasteiger partial charge in [0.05, 0.1) is 7.11 Å². The molecule has 0 aliphatic carbocycles. The number of piperidine rings is 1. The molecule has 2 N–H and O–H groups in total. The lowest BCUT2D eigenvalue weighted by Crippen LogP contribution is -2.44. The molecule has 1 atom stereocenters. The summed E-state index contributed by atoms with van der Waals surface area (Å²) < 4.78 is 5.11. The fraction of sp³-hybridized carbons (Fsp3) is 0.423. The first-order valence-corrected chi connectivity index (χ1v) is 11.5. The van der Waals surface area contributed by atoms with Crippen molar-refractivity contribution in [2.75, 3.05) is 32.1 Å². The van der Waals surface area contributed by atoms with Crippen LogP contribution >= 0.6 is 0 Å². The number of likely N-dealkylation sites (tertiary alicyclic amines) is 1. The molecule has 1 unspecified atom stereocenters. The largest absolute Gasteiger partial charge is 0.497 e. The van der Waals surface area contributed by atoms with Crippen LogP contribution in [0.15, 0.2) is 48.5 Å². The van der Waals surface area contributed by atoms with Gasteiger partial charge in [-0.3, -0.25) is 9.59 Å². The van der Waals surface area contributed by atoms with E-state index < -0.39 is 0 Å². The summed E-state index contributed by atoms with van der Waals surface area (Å²) in [5.74, 6) is 1.05. The van der Waals surface area contributed by atoms with Gasteiger partial charge in [-0.2, -0.15) is 0 Å². The first-order valence-electron chi connectivity index (χ1n) is 11.5. The Bertz CT molecular complexity index is 941. The van der Waals surface area contributed by atoms with Gasteiger partial charge in [-0.1, -0.05) is 17.7 Å². The number of carbonyl (C=O) groups excluding carboxylic acids is 3. The Kier molecular flexibility index (Phi) is 8.87. The third kappa shape index (κ3) is 7.63. The van der Waals surface area contributed by atoms with E-state index >= 15 is 0 Å². The molecule has 7 heteroatoms. The number of anilines is 1. The maximum absolute atomic E-state index is 12.7. The highest BCUT2D eigenvalue weighted by atomic mass is 16.5. The third-order valence-corrected chi connectivity index (χ3v) is 5.94. The van der Waals surface area contributed by atoms with Crippen LogP contribution in [0, 0.1) is 12.8 Å². The molecule has 3 amide bonds. The van der Waals surface area contributed by atoms with Gasteiger partial charge in [0.1, 0.15) is 5.75 Å². The van der Waals surface area contributed by atoms with Crippen LogP contribution in [0.2, 0.25) is 0 Å². The van der Waals surface area contributed by atoms with E-state index in [0.717, 1.165) is 30.6 Å². The third-order valence-electron chi connectivity index (χ3n) is 5.94. The Morgan fingerprint density at radius 2 is 1.76 bits per heavy atom. The molecule has 0 aromatic heterocycles. The fourth-order valence-electron chi connectivity index (χ4n) is 3.99. The highest BCUT2D eigenvalue weighted by Crippen LogP contribution is 2.18. The van der Waals surface area contributed by atoms with Crippen LogP contribution in [-0.2, 0) is 4.79 Å². The summed E-state index contributed by atoms with van der Waals surface area (Å²) in [6, 6.07) is 14.4. The normalized spacial score (nSPS) is 15.6. The van der Waals surface area contributed by atoms with Gasteiger partial charge in [-0.25, -0.2) is 4.79 Å². The molecule has 1 saturated heterocycles. The van der Waals surface area contributed by atoms with E-state index in [9.17, 15) is 14.4 Å². The van der Waals surface area contributed by atoms with Crippen molar-refractivity contribution >= 4 is 23.4 Å². The number of Topliss-reactive ketones (excluding diaryl/α,β-unsaturated/α-hetero) is 1. The lowest BCUT2D eigenvalue weighted by molar-refractivity contribution is -0.133. The molecule has 33 heavy (non-hydrogen) atoms. The summed E-state index contributed by atoms with van der Waals surface area (Å²) in [7, 11) is 1.59. The summed E-state index contributed by atoms with van der Waals surface area (Å²) in [6.45, 7) is 3.89. The molecule has 1 aliphatic rings. The summed E-state index contributed by atoms with van der Waals surface area (Å²) in [5, 5.41) is 5.75. The minimum atomic E-state index is -0.237. The quantitative estimate of drug-likeness (QED) is 0.553. The first kappa shape index (κ1) is 24.3. The number of carbonyl (C=O) groups is 3. The minimum Gasteiger partial charge on any atom is -0.497 e. The van der Waals surface area contributed by atoms with Gasteiger partial charge in [0.15, 0.2) is 5.78 Å². The summed E-state index contributed by atoms with van der Waals surface area (Å²) >= 11 is 0. The minimum absolute atomic E-state index is 0.0331. The lowest BCUT2D eigenvalue weighted by atomic mass is 9.97. The van der Waals surface area contributed by atoms with Crippen molar-refractivity contribution in [1.82, 2.24) is 10.2 Å². The molecule has 3 rings (SSSR count). The van der Waals surface area contributed by atoms with Crippen molar-refractivity contribution in [3.05, 3.63) is 59.7 Å². The zero-order valence-electron chi connectivity index (χ0n) is 19.4. The van der Waals surface area contributed by atoms with Crippen molar-refractivity contribution in [3.63, 3.8) is 0 Å². The number of benzene rings is 2. The molecule has 1 fully saturated rings.